The largest absolute Gasteiger partial charge is 0.465 e. The number of rotatable bonds is 5. The second-order valence-corrected chi connectivity index (χ2v) is 5.92. The fourth-order valence-electron chi connectivity index (χ4n) is 3.08. The summed E-state index contributed by atoms with van der Waals surface area (Å²) in [5.41, 5.74) is 0.701. The molecule has 1 aromatic carbocycles. The Bertz CT molecular complexity index is 491. The van der Waals surface area contributed by atoms with Gasteiger partial charge in [-0.15, -0.1) is 0 Å². The molecule has 2 rings (SSSR count). The van der Waals surface area contributed by atoms with Crippen molar-refractivity contribution in [1.29, 1.82) is 0 Å². The number of ether oxygens (including phenoxy) is 1. The monoisotopic (exact) mass is 309 g/mol. The van der Waals surface area contributed by atoms with Crippen LogP contribution in [0.5, 0.6) is 0 Å². The molecule has 22 heavy (non-hydrogen) atoms. The third-order valence-corrected chi connectivity index (χ3v) is 4.22. The Morgan fingerprint density at radius 3 is 2.68 bits per heavy atom. The van der Waals surface area contributed by atoms with Crippen LogP contribution in [0, 0.1) is 11.7 Å². The first-order valence-corrected chi connectivity index (χ1v) is 7.85. The molecule has 0 spiro atoms. The van der Waals surface area contributed by atoms with E-state index in [1.165, 1.54) is 12.1 Å². The maximum Gasteiger partial charge on any atom is 0.328 e. The van der Waals surface area contributed by atoms with Crippen molar-refractivity contribution in [2.45, 2.75) is 38.8 Å². The van der Waals surface area contributed by atoms with Gasteiger partial charge in [0.1, 0.15) is 11.9 Å². The second kappa shape index (κ2) is 7.70. The SMILES string of the molecule is CCOC(=O)C(c1ccc(F)cc1)N1C[C@H](C)CC[C@H]1CO. The van der Waals surface area contributed by atoms with E-state index >= 15 is 0 Å². The summed E-state index contributed by atoms with van der Waals surface area (Å²) in [5, 5.41) is 9.65. The molecular weight excluding hydrogens is 285 g/mol. The lowest BCUT2D eigenvalue weighted by molar-refractivity contribution is -0.152. The van der Waals surface area contributed by atoms with Crippen LogP contribution in [0.1, 0.15) is 38.3 Å². The van der Waals surface area contributed by atoms with Crippen molar-refractivity contribution in [2.75, 3.05) is 19.8 Å². The molecule has 1 unspecified atom stereocenters. The summed E-state index contributed by atoms with van der Waals surface area (Å²) in [6, 6.07) is 5.26. The van der Waals surface area contributed by atoms with Crippen LogP contribution in [0.2, 0.25) is 0 Å². The minimum Gasteiger partial charge on any atom is -0.465 e. The first kappa shape index (κ1) is 16.9. The highest BCUT2D eigenvalue weighted by Crippen LogP contribution is 2.32. The number of aliphatic hydroxyl groups is 1. The number of hydrogen-bond donors (Lipinski definition) is 1. The Morgan fingerprint density at radius 1 is 1.41 bits per heavy atom. The molecule has 3 atom stereocenters. The van der Waals surface area contributed by atoms with Gasteiger partial charge in [-0.25, -0.2) is 9.18 Å². The van der Waals surface area contributed by atoms with Gasteiger partial charge in [-0.1, -0.05) is 19.1 Å². The van der Waals surface area contributed by atoms with Gasteiger partial charge in [-0.05, 0) is 43.4 Å². The smallest absolute Gasteiger partial charge is 0.328 e. The number of esters is 1. The molecule has 4 nitrogen and oxygen atoms in total. The molecule has 0 saturated carbocycles. The Morgan fingerprint density at radius 2 is 2.09 bits per heavy atom. The normalized spacial score (nSPS) is 24.0. The van der Waals surface area contributed by atoms with Gasteiger partial charge < -0.3 is 9.84 Å². The van der Waals surface area contributed by atoms with Crippen LogP contribution < -0.4 is 0 Å². The van der Waals surface area contributed by atoms with E-state index in [4.69, 9.17) is 4.74 Å². The van der Waals surface area contributed by atoms with Gasteiger partial charge in [0.2, 0.25) is 0 Å². The Kier molecular flexibility index (Phi) is 5.91. The highest BCUT2D eigenvalue weighted by molar-refractivity contribution is 5.77. The number of hydrogen-bond acceptors (Lipinski definition) is 4. The molecule has 1 aliphatic rings. The van der Waals surface area contributed by atoms with Crippen LogP contribution in [0.3, 0.4) is 0 Å². The molecule has 1 saturated heterocycles. The Labute approximate surface area is 130 Å². The molecule has 5 heteroatoms. The highest BCUT2D eigenvalue weighted by Gasteiger charge is 2.36. The standard InChI is InChI=1S/C17H24FNO3/c1-3-22-17(21)16(13-5-7-14(18)8-6-13)19-10-12(2)4-9-15(19)11-20/h5-8,12,15-16,20H,3-4,9-11H2,1-2H3/t12-,15+,16?/m1/s1. The van der Waals surface area contributed by atoms with Gasteiger partial charge in [0.15, 0.2) is 0 Å². The number of nitrogens with zero attached hydrogens (tertiary/aromatic N) is 1. The van der Waals surface area contributed by atoms with Crippen molar-refractivity contribution in [2.24, 2.45) is 5.92 Å². The number of halogens is 1. The van der Waals surface area contributed by atoms with E-state index in [9.17, 15) is 14.3 Å². The van der Waals surface area contributed by atoms with E-state index in [2.05, 4.69) is 6.92 Å². The van der Waals surface area contributed by atoms with E-state index in [1.807, 2.05) is 4.90 Å². The minimum atomic E-state index is -0.597. The lowest BCUT2D eigenvalue weighted by Crippen LogP contribution is -2.49. The summed E-state index contributed by atoms with van der Waals surface area (Å²) in [5.74, 6) is -0.237. The van der Waals surface area contributed by atoms with Gasteiger partial charge in [0, 0.05) is 12.6 Å². The molecule has 0 aliphatic carbocycles. The van der Waals surface area contributed by atoms with Crippen molar-refractivity contribution >= 4 is 5.97 Å². The molecular formula is C17H24FNO3. The molecule has 1 aromatic rings. The Hall–Kier alpha value is -1.46. The fourth-order valence-corrected chi connectivity index (χ4v) is 3.08. The molecule has 1 aliphatic heterocycles. The van der Waals surface area contributed by atoms with Crippen LogP contribution in [0.4, 0.5) is 4.39 Å². The number of aliphatic hydroxyl groups excluding tert-OH is 1. The molecule has 0 amide bonds. The van der Waals surface area contributed by atoms with Gasteiger partial charge in [0.25, 0.3) is 0 Å². The lowest BCUT2D eigenvalue weighted by Gasteiger charge is -2.41. The first-order chi connectivity index (χ1) is 10.6. The van der Waals surface area contributed by atoms with Gasteiger partial charge in [0.05, 0.1) is 13.2 Å². The zero-order valence-electron chi connectivity index (χ0n) is 13.2. The summed E-state index contributed by atoms with van der Waals surface area (Å²) in [6.07, 6.45) is 1.87. The first-order valence-electron chi connectivity index (χ1n) is 7.85. The van der Waals surface area contributed by atoms with Gasteiger partial charge in [-0.3, -0.25) is 4.90 Å². The second-order valence-electron chi connectivity index (χ2n) is 5.92. The van der Waals surface area contributed by atoms with Crippen LogP contribution >= 0.6 is 0 Å². The lowest BCUT2D eigenvalue weighted by atomic mass is 9.91. The molecule has 122 valence electrons. The van der Waals surface area contributed by atoms with Crippen LogP contribution in [0.25, 0.3) is 0 Å². The molecule has 1 fully saturated rings. The van der Waals surface area contributed by atoms with Crippen LogP contribution in [-0.4, -0.2) is 41.8 Å². The highest BCUT2D eigenvalue weighted by atomic mass is 19.1. The molecule has 0 bridgehead atoms. The third kappa shape index (κ3) is 3.84. The van der Waals surface area contributed by atoms with Crippen LogP contribution in [-0.2, 0) is 9.53 Å². The maximum absolute atomic E-state index is 13.2. The Balaban J connectivity index is 2.33. The van der Waals surface area contributed by atoms with Crippen molar-refractivity contribution in [3.63, 3.8) is 0 Å². The van der Waals surface area contributed by atoms with Crippen molar-refractivity contribution in [3.8, 4) is 0 Å². The van der Waals surface area contributed by atoms with Gasteiger partial charge >= 0.3 is 5.97 Å². The zero-order valence-corrected chi connectivity index (χ0v) is 13.2. The molecule has 0 aromatic heterocycles. The molecule has 1 heterocycles. The van der Waals surface area contributed by atoms with Crippen molar-refractivity contribution in [3.05, 3.63) is 35.6 Å². The number of carbonyl (C=O) groups is 1. The number of carbonyl (C=O) groups excluding carboxylic acids is 1. The summed E-state index contributed by atoms with van der Waals surface area (Å²) >= 11 is 0. The zero-order chi connectivity index (χ0) is 16.1. The van der Waals surface area contributed by atoms with Gasteiger partial charge in [-0.2, -0.15) is 0 Å². The topological polar surface area (TPSA) is 49.8 Å². The summed E-state index contributed by atoms with van der Waals surface area (Å²) in [4.78, 5) is 14.5. The van der Waals surface area contributed by atoms with Crippen LogP contribution in [0.15, 0.2) is 24.3 Å². The van der Waals surface area contributed by atoms with E-state index in [1.54, 1.807) is 19.1 Å². The maximum atomic E-state index is 13.2. The summed E-state index contributed by atoms with van der Waals surface area (Å²) < 4.78 is 18.4. The van der Waals surface area contributed by atoms with Crippen molar-refractivity contribution < 1.29 is 19.0 Å². The van der Waals surface area contributed by atoms with Crippen molar-refractivity contribution in [1.82, 2.24) is 4.90 Å². The van der Waals surface area contributed by atoms with E-state index < -0.39 is 6.04 Å². The summed E-state index contributed by atoms with van der Waals surface area (Å²) in [7, 11) is 0. The van der Waals surface area contributed by atoms with E-state index in [-0.39, 0.29) is 24.4 Å². The van der Waals surface area contributed by atoms with E-state index in [0.717, 1.165) is 12.8 Å². The molecule has 0 radical (unpaired) electrons. The minimum absolute atomic E-state index is 0.00379. The average Bonchev–Trinajstić information content (AvgIpc) is 2.50. The third-order valence-electron chi connectivity index (χ3n) is 4.22. The number of likely N-dealkylation sites (tertiary alicyclic amines) is 1. The predicted octanol–water partition coefficient (Wildman–Crippen LogP) is 2.52. The summed E-state index contributed by atoms with van der Waals surface area (Å²) in [6.45, 7) is 4.91. The average molecular weight is 309 g/mol. The predicted molar refractivity (Wildman–Crippen MR) is 81.8 cm³/mol. The fraction of sp³-hybridized carbons (Fsp3) is 0.588. The molecule has 1 N–H and O–H groups in total. The van der Waals surface area contributed by atoms with E-state index in [0.29, 0.717) is 24.6 Å². The quantitative estimate of drug-likeness (QED) is 0.849. The number of piperidine rings is 1. The number of benzene rings is 1.